The lowest BCUT2D eigenvalue weighted by molar-refractivity contribution is -0.172. The van der Waals surface area contributed by atoms with Gasteiger partial charge in [-0.1, -0.05) is 0 Å². The first kappa shape index (κ1) is 15.7. The van der Waals surface area contributed by atoms with E-state index in [1.807, 2.05) is 0 Å². The summed E-state index contributed by atoms with van der Waals surface area (Å²) >= 11 is 0. The van der Waals surface area contributed by atoms with E-state index < -0.39 is 40.3 Å². The fourth-order valence-corrected chi connectivity index (χ4v) is 4.21. The summed E-state index contributed by atoms with van der Waals surface area (Å²) in [5.74, 6) is -2.66. The average molecular weight is 321 g/mol. The van der Waals surface area contributed by atoms with E-state index in [2.05, 4.69) is 5.32 Å². The van der Waals surface area contributed by atoms with Crippen LogP contribution in [-0.4, -0.2) is 36.8 Å². The maximum atomic E-state index is 12.7. The third-order valence-corrected chi connectivity index (χ3v) is 5.25. The molecule has 0 aromatic heterocycles. The van der Waals surface area contributed by atoms with Crippen LogP contribution in [-0.2, 0) is 28.7 Å². The van der Waals surface area contributed by atoms with E-state index in [1.54, 1.807) is 13.8 Å². The molecule has 1 aliphatic heterocycles. The number of esters is 1. The first-order chi connectivity index (χ1) is 10.9. The topological polar surface area (TPSA) is 98.8 Å². The first-order valence-electron chi connectivity index (χ1n) is 7.84. The van der Waals surface area contributed by atoms with Gasteiger partial charge in [-0.3, -0.25) is 24.5 Å². The lowest BCUT2D eigenvalue weighted by atomic mass is 9.59. The fraction of sp³-hybridized carbons (Fsp3) is 0.625. The van der Waals surface area contributed by atoms with Gasteiger partial charge in [0.15, 0.2) is 11.2 Å². The zero-order valence-electron chi connectivity index (χ0n) is 13.1. The number of hydrogen-bond acceptors (Lipinski definition) is 6. The Morgan fingerprint density at radius 3 is 2.61 bits per heavy atom. The van der Waals surface area contributed by atoms with Crippen LogP contribution in [0.15, 0.2) is 11.8 Å². The standard InChI is InChI=1S/C16H19NO6/c1-3-22-9-7-10-15(11(18)8-9)5-6-16(10,14(21)23-4-2)13(20)17-12(15)19/h8,10H,3-7H2,1-2H3,(H,17,19,20)/t10-,15-,16-/m0/s1. The van der Waals surface area contributed by atoms with Crippen LogP contribution in [0, 0.1) is 16.7 Å². The highest BCUT2D eigenvalue weighted by atomic mass is 16.5. The number of imide groups is 1. The van der Waals surface area contributed by atoms with Crippen molar-refractivity contribution in [3.63, 3.8) is 0 Å². The molecule has 3 aliphatic rings. The molecule has 1 N–H and O–H groups in total. The molecule has 7 nitrogen and oxygen atoms in total. The number of hydrogen-bond donors (Lipinski definition) is 1. The summed E-state index contributed by atoms with van der Waals surface area (Å²) in [7, 11) is 0. The van der Waals surface area contributed by atoms with Crippen LogP contribution in [0.2, 0.25) is 0 Å². The zero-order chi connectivity index (χ0) is 16.8. The van der Waals surface area contributed by atoms with Crippen molar-refractivity contribution in [2.45, 2.75) is 33.1 Å². The number of nitrogens with one attached hydrogen (secondary N) is 1. The van der Waals surface area contributed by atoms with E-state index in [4.69, 9.17) is 9.47 Å². The Bertz CT molecular complexity index is 638. The molecule has 23 heavy (non-hydrogen) atoms. The second kappa shape index (κ2) is 5.18. The maximum Gasteiger partial charge on any atom is 0.322 e. The Labute approximate surface area is 133 Å². The van der Waals surface area contributed by atoms with E-state index in [9.17, 15) is 19.2 Å². The van der Waals surface area contributed by atoms with Crippen LogP contribution >= 0.6 is 0 Å². The third-order valence-electron chi connectivity index (χ3n) is 5.25. The van der Waals surface area contributed by atoms with E-state index in [0.29, 0.717) is 12.4 Å². The summed E-state index contributed by atoms with van der Waals surface area (Å²) in [5, 5.41) is 2.22. The van der Waals surface area contributed by atoms with Crippen molar-refractivity contribution in [1.82, 2.24) is 5.32 Å². The molecule has 0 radical (unpaired) electrons. The van der Waals surface area contributed by atoms with Gasteiger partial charge in [0.25, 0.3) is 0 Å². The van der Waals surface area contributed by atoms with Crippen molar-refractivity contribution in [2.24, 2.45) is 16.7 Å². The number of carbonyl (C=O) groups is 4. The number of allylic oxidation sites excluding steroid dienone is 2. The minimum Gasteiger partial charge on any atom is -0.498 e. The van der Waals surface area contributed by atoms with Crippen molar-refractivity contribution in [3.8, 4) is 0 Å². The van der Waals surface area contributed by atoms with Crippen LogP contribution in [0.1, 0.15) is 33.1 Å². The SMILES string of the molecule is CCOC(=O)[C@@]12CC[C@]3(C(=O)C=C(OCC)C[C@@H]31)C(=O)NC2=O. The smallest absolute Gasteiger partial charge is 0.322 e. The monoisotopic (exact) mass is 321 g/mol. The van der Waals surface area contributed by atoms with Gasteiger partial charge in [-0.05, 0) is 26.7 Å². The summed E-state index contributed by atoms with van der Waals surface area (Å²) in [4.78, 5) is 50.2. The minimum atomic E-state index is -1.49. The molecule has 0 aromatic rings. The number of ether oxygens (including phenoxy) is 2. The van der Waals surface area contributed by atoms with Crippen LogP contribution in [0.3, 0.4) is 0 Å². The van der Waals surface area contributed by atoms with Crippen molar-refractivity contribution in [2.75, 3.05) is 13.2 Å². The molecule has 0 spiro atoms. The fourth-order valence-electron chi connectivity index (χ4n) is 4.21. The van der Waals surface area contributed by atoms with Gasteiger partial charge in [-0.25, -0.2) is 0 Å². The van der Waals surface area contributed by atoms with Gasteiger partial charge in [0, 0.05) is 18.4 Å². The molecule has 124 valence electrons. The molecule has 1 heterocycles. The van der Waals surface area contributed by atoms with Gasteiger partial charge in [0.05, 0.1) is 19.0 Å². The Morgan fingerprint density at radius 2 is 1.96 bits per heavy atom. The average Bonchev–Trinajstić information content (AvgIpc) is 2.79. The highest BCUT2D eigenvalue weighted by Gasteiger charge is 2.74. The van der Waals surface area contributed by atoms with Crippen molar-refractivity contribution < 1.29 is 28.7 Å². The maximum absolute atomic E-state index is 12.7. The summed E-state index contributed by atoms with van der Waals surface area (Å²) in [6, 6.07) is 0. The molecule has 2 aliphatic carbocycles. The first-order valence-corrected chi connectivity index (χ1v) is 7.84. The molecule has 2 fully saturated rings. The lowest BCUT2D eigenvalue weighted by Crippen LogP contribution is -2.65. The second-order valence-electron chi connectivity index (χ2n) is 6.11. The molecular weight excluding hydrogens is 302 g/mol. The molecular formula is C16H19NO6. The van der Waals surface area contributed by atoms with Gasteiger partial charge in [0.1, 0.15) is 5.41 Å². The number of amides is 2. The van der Waals surface area contributed by atoms with Crippen LogP contribution < -0.4 is 5.32 Å². The van der Waals surface area contributed by atoms with Gasteiger partial charge in [-0.15, -0.1) is 0 Å². The Kier molecular flexibility index (Phi) is 3.54. The zero-order valence-corrected chi connectivity index (χ0v) is 13.1. The van der Waals surface area contributed by atoms with Crippen molar-refractivity contribution in [3.05, 3.63) is 11.8 Å². The van der Waals surface area contributed by atoms with Gasteiger partial charge >= 0.3 is 5.97 Å². The molecule has 0 unspecified atom stereocenters. The summed E-state index contributed by atoms with van der Waals surface area (Å²) in [6.07, 6.45) is 1.84. The van der Waals surface area contributed by atoms with E-state index in [-0.39, 0.29) is 25.9 Å². The molecule has 7 heteroatoms. The van der Waals surface area contributed by atoms with Crippen LogP contribution in [0.4, 0.5) is 0 Å². The molecule has 3 rings (SSSR count). The van der Waals surface area contributed by atoms with Gasteiger partial charge in [0.2, 0.25) is 11.8 Å². The summed E-state index contributed by atoms with van der Waals surface area (Å²) in [6.45, 7) is 3.93. The third kappa shape index (κ3) is 1.82. The number of piperidine rings is 1. The van der Waals surface area contributed by atoms with Crippen molar-refractivity contribution in [1.29, 1.82) is 0 Å². The minimum absolute atomic E-state index is 0.129. The lowest BCUT2D eigenvalue weighted by Gasteiger charge is -2.44. The number of rotatable bonds is 4. The second-order valence-corrected chi connectivity index (χ2v) is 6.11. The quantitative estimate of drug-likeness (QED) is 0.459. The molecule has 1 saturated heterocycles. The predicted octanol–water partition coefficient (Wildman–Crippen LogP) is 0.482. The van der Waals surface area contributed by atoms with Gasteiger partial charge in [-0.2, -0.15) is 0 Å². The molecule has 2 bridgehead atoms. The normalized spacial score (nSPS) is 35.3. The highest BCUT2D eigenvalue weighted by Crippen LogP contribution is 2.62. The predicted molar refractivity (Wildman–Crippen MR) is 76.7 cm³/mol. The number of ketones is 1. The van der Waals surface area contributed by atoms with E-state index in [1.165, 1.54) is 6.08 Å². The van der Waals surface area contributed by atoms with Crippen LogP contribution in [0.25, 0.3) is 0 Å². The largest absolute Gasteiger partial charge is 0.498 e. The van der Waals surface area contributed by atoms with Gasteiger partial charge < -0.3 is 9.47 Å². The molecule has 2 amide bonds. The Hall–Kier alpha value is -2.18. The van der Waals surface area contributed by atoms with E-state index in [0.717, 1.165) is 0 Å². The molecule has 1 saturated carbocycles. The highest BCUT2D eigenvalue weighted by molar-refractivity contribution is 6.23. The number of carbonyl (C=O) groups excluding carboxylic acids is 4. The molecule has 0 aromatic carbocycles. The summed E-state index contributed by atoms with van der Waals surface area (Å²) < 4.78 is 10.5. The van der Waals surface area contributed by atoms with E-state index >= 15 is 0 Å². The van der Waals surface area contributed by atoms with Crippen LogP contribution in [0.5, 0.6) is 0 Å². The summed E-state index contributed by atoms with van der Waals surface area (Å²) in [5.41, 5.74) is -2.85. The molecule has 3 atom stereocenters. The Balaban J connectivity index is 2.12. The van der Waals surface area contributed by atoms with Crippen molar-refractivity contribution >= 4 is 23.6 Å². The Morgan fingerprint density at radius 1 is 1.22 bits per heavy atom.